The molecule has 0 saturated carbocycles. The summed E-state index contributed by atoms with van der Waals surface area (Å²) < 4.78 is 4.54. The van der Waals surface area contributed by atoms with Crippen LogP contribution < -0.4 is 11.4 Å². The lowest BCUT2D eigenvalue weighted by atomic mass is 10.1. The molecule has 1 aromatic heterocycles. The van der Waals surface area contributed by atoms with E-state index >= 15 is 0 Å². The van der Waals surface area contributed by atoms with E-state index in [1.165, 1.54) is 6.07 Å². The molecule has 4 heteroatoms. The molecular weight excluding hydrogens is 168 g/mol. The Kier molecular flexibility index (Phi) is 1.66. The van der Waals surface area contributed by atoms with Gasteiger partial charge in [0.15, 0.2) is 0 Å². The fourth-order valence-corrected chi connectivity index (χ4v) is 1.13. The van der Waals surface area contributed by atoms with Crippen LogP contribution in [0.5, 0.6) is 0 Å². The van der Waals surface area contributed by atoms with Crippen molar-refractivity contribution in [1.82, 2.24) is 5.16 Å². The second-order valence-corrected chi connectivity index (χ2v) is 2.71. The standard InChI is InChI=1S/C9H8N2O2/c10-7-3-1-2-6(4-7)8-5-9(12)13-11-8/h1-5,11H,10H2. The lowest BCUT2D eigenvalue weighted by Crippen LogP contribution is -1.86. The molecule has 4 nitrogen and oxygen atoms in total. The Morgan fingerprint density at radius 3 is 2.77 bits per heavy atom. The highest BCUT2D eigenvalue weighted by Gasteiger charge is 2.01. The highest BCUT2D eigenvalue weighted by atomic mass is 16.5. The van der Waals surface area contributed by atoms with Gasteiger partial charge in [-0.1, -0.05) is 12.1 Å². The van der Waals surface area contributed by atoms with E-state index in [0.29, 0.717) is 11.4 Å². The van der Waals surface area contributed by atoms with Crippen molar-refractivity contribution < 1.29 is 4.52 Å². The van der Waals surface area contributed by atoms with Crippen molar-refractivity contribution in [2.45, 2.75) is 0 Å². The summed E-state index contributed by atoms with van der Waals surface area (Å²) in [6.07, 6.45) is 0. The van der Waals surface area contributed by atoms with Gasteiger partial charge in [0.05, 0.1) is 11.8 Å². The Morgan fingerprint density at radius 1 is 1.31 bits per heavy atom. The number of benzene rings is 1. The number of aromatic amines is 1. The zero-order chi connectivity index (χ0) is 9.26. The normalized spacial score (nSPS) is 10.2. The van der Waals surface area contributed by atoms with Crippen LogP contribution in [-0.4, -0.2) is 5.16 Å². The topological polar surface area (TPSA) is 72.0 Å². The molecule has 0 unspecified atom stereocenters. The van der Waals surface area contributed by atoms with Gasteiger partial charge in [-0.15, -0.1) is 0 Å². The average Bonchev–Trinajstić information content (AvgIpc) is 2.52. The Bertz CT molecular complexity index is 470. The highest BCUT2D eigenvalue weighted by Crippen LogP contribution is 2.17. The van der Waals surface area contributed by atoms with Gasteiger partial charge in [0.2, 0.25) is 0 Å². The maximum absolute atomic E-state index is 10.7. The minimum atomic E-state index is -0.391. The van der Waals surface area contributed by atoms with E-state index in [-0.39, 0.29) is 0 Å². The largest absolute Gasteiger partial charge is 0.399 e. The maximum atomic E-state index is 10.7. The summed E-state index contributed by atoms with van der Waals surface area (Å²) in [4.78, 5) is 10.7. The van der Waals surface area contributed by atoms with E-state index in [0.717, 1.165) is 5.56 Å². The van der Waals surface area contributed by atoms with Crippen molar-refractivity contribution in [2.75, 3.05) is 5.73 Å². The number of hydrogen-bond donors (Lipinski definition) is 2. The van der Waals surface area contributed by atoms with Gasteiger partial charge < -0.3 is 10.3 Å². The summed E-state index contributed by atoms with van der Waals surface area (Å²) in [7, 11) is 0. The molecule has 1 heterocycles. The molecule has 2 aromatic rings. The van der Waals surface area contributed by atoms with Crippen LogP contribution in [0.4, 0.5) is 5.69 Å². The van der Waals surface area contributed by atoms with Crippen molar-refractivity contribution in [3.05, 3.63) is 40.8 Å². The fourth-order valence-electron chi connectivity index (χ4n) is 1.13. The first-order valence-electron chi connectivity index (χ1n) is 3.80. The summed E-state index contributed by atoms with van der Waals surface area (Å²) in [6, 6.07) is 8.59. The molecule has 66 valence electrons. The number of H-pyrrole nitrogens is 1. The van der Waals surface area contributed by atoms with E-state index < -0.39 is 5.63 Å². The molecule has 2 rings (SSSR count). The molecule has 0 atom stereocenters. The monoisotopic (exact) mass is 176 g/mol. The molecule has 1 aromatic carbocycles. The fraction of sp³-hybridized carbons (Fsp3) is 0. The van der Waals surface area contributed by atoms with Crippen LogP contribution in [0, 0.1) is 0 Å². The van der Waals surface area contributed by atoms with Crippen molar-refractivity contribution in [2.24, 2.45) is 0 Å². The van der Waals surface area contributed by atoms with Crippen LogP contribution in [0.3, 0.4) is 0 Å². The van der Waals surface area contributed by atoms with Crippen LogP contribution in [0.1, 0.15) is 0 Å². The number of rotatable bonds is 1. The summed E-state index contributed by atoms with van der Waals surface area (Å²) in [5, 5.41) is 2.51. The van der Waals surface area contributed by atoms with E-state index in [9.17, 15) is 4.79 Å². The summed E-state index contributed by atoms with van der Waals surface area (Å²) >= 11 is 0. The van der Waals surface area contributed by atoms with Crippen molar-refractivity contribution in [1.29, 1.82) is 0 Å². The Morgan fingerprint density at radius 2 is 2.15 bits per heavy atom. The molecule has 0 aliphatic carbocycles. The van der Waals surface area contributed by atoms with Crippen molar-refractivity contribution in [3.63, 3.8) is 0 Å². The molecule has 0 aliphatic heterocycles. The number of anilines is 1. The first kappa shape index (κ1) is 7.67. The van der Waals surface area contributed by atoms with Gasteiger partial charge in [-0.05, 0) is 12.1 Å². The second kappa shape index (κ2) is 2.82. The average molecular weight is 176 g/mol. The smallest absolute Gasteiger partial charge is 0.357 e. The van der Waals surface area contributed by atoms with E-state index in [1.807, 2.05) is 12.1 Å². The lowest BCUT2D eigenvalue weighted by molar-refractivity contribution is 0.394. The Balaban J connectivity index is 2.52. The first-order valence-corrected chi connectivity index (χ1v) is 3.80. The van der Waals surface area contributed by atoms with Crippen LogP contribution in [0.2, 0.25) is 0 Å². The van der Waals surface area contributed by atoms with Gasteiger partial charge in [0, 0.05) is 11.3 Å². The molecule has 0 spiro atoms. The predicted octanol–water partition coefficient (Wildman–Crippen LogP) is 1.22. The molecular formula is C9H8N2O2. The van der Waals surface area contributed by atoms with Crippen molar-refractivity contribution in [3.8, 4) is 11.3 Å². The molecule has 0 aliphatic rings. The second-order valence-electron chi connectivity index (χ2n) is 2.71. The minimum absolute atomic E-state index is 0.391. The minimum Gasteiger partial charge on any atom is -0.399 e. The van der Waals surface area contributed by atoms with Gasteiger partial charge in [-0.3, -0.25) is 0 Å². The van der Waals surface area contributed by atoms with Gasteiger partial charge in [0.25, 0.3) is 0 Å². The third kappa shape index (κ3) is 1.46. The van der Waals surface area contributed by atoms with Gasteiger partial charge >= 0.3 is 5.63 Å². The summed E-state index contributed by atoms with van der Waals surface area (Å²) in [5.41, 5.74) is 7.32. The van der Waals surface area contributed by atoms with E-state index in [4.69, 9.17) is 5.73 Å². The molecule has 0 amide bonds. The van der Waals surface area contributed by atoms with Crippen molar-refractivity contribution >= 4 is 5.69 Å². The lowest BCUT2D eigenvalue weighted by Gasteiger charge is -1.96. The molecule has 0 bridgehead atoms. The van der Waals surface area contributed by atoms with Gasteiger partial charge in [0.1, 0.15) is 0 Å². The first-order chi connectivity index (χ1) is 6.25. The zero-order valence-electron chi connectivity index (χ0n) is 6.78. The molecule has 0 saturated heterocycles. The third-order valence-electron chi connectivity index (χ3n) is 1.72. The third-order valence-corrected chi connectivity index (χ3v) is 1.72. The summed E-state index contributed by atoms with van der Waals surface area (Å²) in [6.45, 7) is 0. The number of hydrogen-bond acceptors (Lipinski definition) is 3. The number of nitrogens with one attached hydrogen (secondary N) is 1. The highest BCUT2D eigenvalue weighted by molar-refractivity contribution is 5.63. The van der Waals surface area contributed by atoms with E-state index in [2.05, 4.69) is 9.68 Å². The van der Waals surface area contributed by atoms with Crippen LogP contribution >= 0.6 is 0 Å². The van der Waals surface area contributed by atoms with Crippen LogP contribution in [-0.2, 0) is 0 Å². The maximum Gasteiger partial charge on any atom is 0.357 e. The number of aromatic nitrogens is 1. The zero-order valence-corrected chi connectivity index (χ0v) is 6.78. The number of nitrogens with two attached hydrogens (primary N) is 1. The van der Waals surface area contributed by atoms with Gasteiger partial charge in [-0.2, -0.15) is 0 Å². The quantitative estimate of drug-likeness (QED) is 0.641. The van der Waals surface area contributed by atoms with Crippen LogP contribution in [0.15, 0.2) is 39.6 Å². The molecule has 0 fully saturated rings. The van der Waals surface area contributed by atoms with Gasteiger partial charge in [-0.25, -0.2) is 9.95 Å². The molecule has 13 heavy (non-hydrogen) atoms. The summed E-state index contributed by atoms with van der Waals surface area (Å²) in [5.74, 6) is 0. The predicted molar refractivity (Wildman–Crippen MR) is 49.2 cm³/mol. The SMILES string of the molecule is Nc1cccc(-c2cc(=O)o[nH]2)c1. The Hall–Kier alpha value is -1.97. The molecule has 0 radical (unpaired) electrons. The van der Waals surface area contributed by atoms with Crippen LogP contribution in [0.25, 0.3) is 11.3 Å². The molecule has 3 N–H and O–H groups in total. The Labute approximate surface area is 74.0 Å². The van der Waals surface area contributed by atoms with E-state index in [1.54, 1.807) is 12.1 Å². The number of nitrogen functional groups attached to an aromatic ring is 1.